The Morgan fingerprint density at radius 1 is 1.50 bits per heavy atom. The van der Waals surface area contributed by atoms with Crippen LogP contribution in [0.3, 0.4) is 0 Å². The van der Waals surface area contributed by atoms with E-state index in [1.807, 2.05) is 6.92 Å². The Bertz CT molecular complexity index is 346. The Balaban J connectivity index is 2.05. The second kappa shape index (κ2) is 4.65. The molecule has 0 spiro atoms. The van der Waals surface area contributed by atoms with Gasteiger partial charge in [-0.1, -0.05) is 0 Å². The molecule has 1 fully saturated rings. The SMILES string of the molecule is CCOc1cncc(NC2(CN)CCC2)n1. The van der Waals surface area contributed by atoms with Crippen molar-refractivity contribution in [2.24, 2.45) is 5.73 Å². The van der Waals surface area contributed by atoms with Gasteiger partial charge in [0.1, 0.15) is 5.82 Å². The Kier molecular flexibility index (Phi) is 3.24. The van der Waals surface area contributed by atoms with Crippen LogP contribution in [0.15, 0.2) is 12.4 Å². The number of nitrogens with one attached hydrogen (secondary N) is 1. The van der Waals surface area contributed by atoms with E-state index in [9.17, 15) is 0 Å². The maximum atomic E-state index is 5.77. The predicted molar refractivity (Wildman–Crippen MR) is 62.5 cm³/mol. The van der Waals surface area contributed by atoms with Gasteiger partial charge in [0.05, 0.1) is 24.5 Å². The molecule has 0 saturated heterocycles. The summed E-state index contributed by atoms with van der Waals surface area (Å²) in [4.78, 5) is 8.42. The second-order valence-electron chi connectivity index (χ2n) is 4.14. The van der Waals surface area contributed by atoms with E-state index in [-0.39, 0.29) is 5.54 Å². The van der Waals surface area contributed by atoms with Gasteiger partial charge < -0.3 is 15.8 Å². The topological polar surface area (TPSA) is 73.1 Å². The largest absolute Gasteiger partial charge is 0.477 e. The normalized spacial score (nSPS) is 17.6. The van der Waals surface area contributed by atoms with Crippen LogP contribution in [0.1, 0.15) is 26.2 Å². The van der Waals surface area contributed by atoms with Gasteiger partial charge in [-0.15, -0.1) is 0 Å². The molecule has 0 bridgehead atoms. The lowest BCUT2D eigenvalue weighted by Crippen LogP contribution is -2.51. The van der Waals surface area contributed by atoms with E-state index in [0.717, 1.165) is 18.7 Å². The Morgan fingerprint density at radius 2 is 2.31 bits per heavy atom. The van der Waals surface area contributed by atoms with E-state index in [1.165, 1.54) is 6.42 Å². The lowest BCUT2D eigenvalue weighted by Gasteiger charge is -2.41. The molecule has 1 aliphatic carbocycles. The fraction of sp³-hybridized carbons (Fsp3) is 0.636. The number of nitrogens with zero attached hydrogens (tertiary/aromatic N) is 2. The molecule has 16 heavy (non-hydrogen) atoms. The molecular weight excluding hydrogens is 204 g/mol. The van der Waals surface area contributed by atoms with Crippen molar-refractivity contribution in [2.45, 2.75) is 31.7 Å². The monoisotopic (exact) mass is 222 g/mol. The summed E-state index contributed by atoms with van der Waals surface area (Å²) in [5.41, 5.74) is 5.80. The van der Waals surface area contributed by atoms with Crippen molar-refractivity contribution in [2.75, 3.05) is 18.5 Å². The number of aromatic nitrogens is 2. The molecule has 1 aliphatic rings. The first-order chi connectivity index (χ1) is 7.78. The maximum absolute atomic E-state index is 5.77. The summed E-state index contributed by atoms with van der Waals surface area (Å²) in [7, 11) is 0. The maximum Gasteiger partial charge on any atom is 0.234 e. The summed E-state index contributed by atoms with van der Waals surface area (Å²) in [5.74, 6) is 1.30. The van der Waals surface area contributed by atoms with Crippen molar-refractivity contribution in [3.05, 3.63) is 12.4 Å². The summed E-state index contributed by atoms with van der Waals surface area (Å²) < 4.78 is 5.30. The molecule has 0 aromatic carbocycles. The molecule has 5 nitrogen and oxygen atoms in total. The van der Waals surface area contributed by atoms with E-state index >= 15 is 0 Å². The highest BCUT2D eigenvalue weighted by molar-refractivity contribution is 5.38. The highest BCUT2D eigenvalue weighted by Crippen LogP contribution is 2.33. The van der Waals surface area contributed by atoms with Gasteiger partial charge in [0.2, 0.25) is 5.88 Å². The van der Waals surface area contributed by atoms with E-state index in [1.54, 1.807) is 12.4 Å². The fourth-order valence-electron chi connectivity index (χ4n) is 1.88. The summed E-state index contributed by atoms with van der Waals surface area (Å²) in [6.07, 6.45) is 6.75. The van der Waals surface area contributed by atoms with Crippen LogP contribution in [0.4, 0.5) is 5.82 Å². The molecule has 1 aromatic heterocycles. The van der Waals surface area contributed by atoms with Crippen molar-refractivity contribution in [1.82, 2.24) is 9.97 Å². The Labute approximate surface area is 95.4 Å². The number of hydrogen-bond donors (Lipinski definition) is 2. The number of nitrogens with two attached hydrogens (primary N) is 1. The molecule has 3 N–H and O–H groups in total. The summed E-state index contributed by atoms with van der Waals surface area (Å²) in [6, 6.07) is 0. The van der Waals surface area contributed by atoms with E-state index in [2.05, 4.69) is 15.3 Å². The molecule has 0 atom stereocenters. The lowest BCUT2D eigenvalue weighted by molar-refractivity contribution is 0.285. The van der Waals surface area contributed by atoms with Crippen molar-refractivity contribution >= 4 is 5.82 Å². The third-order valence-corrected chi connectivity index (χ3v) is 3.00. The number of rotatable bonds is 5. The third kappa shape index (κ3) is 2.24. The standard InChI is InChI=1S/C11H18N4O/c1-2-16-10-7-13-6-9(14-10)15-11(8-12)4-3-5-11/h6-7H,2-5,8,12H2,1H3,(H,14,15). The molecule has 88 valence electrons. The highest BCUT2D eigenvalue weighted by Gasteiger charge is 2.35. The van der Waals surface area contributed by atoms with Gasteiger partial charge in [0.25, 0.3) is 0 Å². The summed E-state index contributed by atoms with van der Waals surface area (Å²) in [6.45, 7) is 3.16. The van der Waals surface area contributed by atoms with Gasteiger partial charge >= 0.3 is 0 Å². The Hall–Kier alpha value is -1.36. The van der Waals surface area contributed by atoms with Crippen LogP contribution in [0.2, 0.25) is 0 Å². The fourth-order valence-corrected chi connectivity index (χ4v) is 1.88. The molecule has 0 radical (unpaired) electrons. The van der Waals surface area contributed by atoms with Gasteiger partial charge in [0.15, 0.2) is 0 Å². The number of hydrogen-bond acceptors (Lipinski definition) is 5. The van der Waals surface area contributed by atoms with Gasteiger partial charge in [-0.05, 0) is 26.2 Å². The minimum absolute atomic E-state index is 0.0273. The van der Waals surface area contributed by atoms with E-state index < -0.39 is 0 Å². The highest BCUT2D eigenvalue weighted by atomic mass is 16.5. The Morgan fingerprint density at radius 3 is 2.88 bits per heavy atom. The van der Waals surface area contributed by atoms with Crippen LogP contribution in [0.5, 0.6) is 5.88 Å². The molecule has 1 aromatic rings. The second-order valence-corrected chi connectivity index (χ2v) is 4.14. The summed E-state index contributed by atoms with van der Waals surface area (Å²) in [5, 5.41) is 3.36. The van der Waals surface area contributed by atoms with E-state index in [4.69, 9.17) is 10.5 Å². The van der Waals surface area contributed by atoms with Gasteiger partial charge in [0, 0.05) is 6.54 Å². The van der Waals surface area contributed by atoms with Crippen molar-refractivity contribution in [1.29, 1.82) is 0 Å². The molecule has 0 unspecified atom stereocenters. The zero-order valence-corrected chi connectivity index (χ0v) is 9.57. The first-order valence-corrected chi connectivity index (χ1v) is 5.71. The van der Waals surface area contributed by atoms with Crippen LogP contribution < -0.4 is 15.8 Å². The average Bonchev–Trinajstić information content (AvgIpc) is 2.25. The van der Waals surface area contributed by atoms with Gasteiger partial charge in [-0.3, -0.25) is 4.98 Å². The number of ether oxygens (including phenoxy) is 1. The van der Waals surface area contributed by atoms with E-state index in [0.29, 0.717) is 19.0 Å². The zero-order valence-electron chi connectivity index (χ0n) is 9.57. The van der Waals surface area contributed by atoms with Crippen molar-refractivity contribution < 1.29 is 4.74 Å². The molecule has 1 heterocycles. The van der Waals surface area contributed by atoms with Crippen molar-refractivity contribution in [3.63, 3.8) is 0 Å². The van der Waals surface area contributed by atoms with Gasteiger partial charge in [-0.25, -0.2) is 0 Å². The van der Waals surface area contributed by atoms with Crippen LogP contribution in [0, 0.1) is 0 Å². The smallest absolute Gasteiger partial charge is 0.234 e. The molecule has 0 amide bonds. The lowest BCUT2D eigenvalue weighted by atomic mass is 9.77. The predicted octanol–water partition coefficient (Wildman–Crippen LogP) is 1.17. The van der Waals surface area contributed by atoms with Gasteiger partial charge in [-0.2, -0.15) is 4.98 Å². The first kappa shape index (κ1) is 11.1. The number of anilines is 1. The quantitative estimate of drug-likeness (QED) is 0.782. The minimum Gasteiger partial charge on any atom is -0.477 e. The molecule has 0 aliphatic heterocycles. The van der Waals surface area contributed by atoms with Crippen LogP contribution in [-0.2, 0) is 0 Å². The molecule has 1 saturated carbocycles. The summed E-state index contributed by atoms with van der Waals surface area (Å²) >= 11 is 0. The third-order valence-electron chi connectivity index (χ3n) is 3.00. The minimum atomic E-state index is 0.0273. The van der Waals surface area contributed by atoms with Crippen molar-refractivity contribution in [3.8, 4) is 5.88 Å². The zero-order chi connectivity index (χ0) is 11.4. The van der Waals surface area contributed by atoms with Crippen LogP contribution in [0.25, 0.3) is 0 Å². The molecule has 2 rings (SSSR count). The van der Waals surface area contributed by atoms with Crippen LogP contribution >= 0.6 is 0 Å². The first-order valence-electron chi connectivity index (χ1n) is 5.71. The van der Waals surface area contributed by atoms with Crippen LogP contribution in [-0.4, -0.2) is 28.7 Å². The molecule has 5 heteroatoms. The average molecular weight is 222 g/mol. The molecular formula is C11H18N4O.